The van der Waals surface area contributed by atoms with E-state index in [-0.39, 0.29) is 17.3 Å². The molecule has 3 rings (SSSR count). The number of carbonyl (C=O) groups is 2. The zero-order valence-corrected chi connectivity index (χ0v) is 17.3. The van der Waals surface area contributed by atoms with Crippen LogP contribution >= 0.6 is 34.8 Å². The number of aliphatic carboxylic acids is 1. The lowest BCUT2D eigenvalue weighted by molar-refractivity contribution is -0.139. The quantitative estimate of drug-likeness (QED) is 0.506. The first kappa shape index (κ1) is 22.7. The number of pyridine rings is 1. The Hall–Kier alpha value is -2.54. The van der Waals surface area contributed by atoms with Gasteiger partial charge in [0.1, 0.15) is 6.04 Å². The maximum Gasteiger partial charge on any atom is 0.326 e. The third kappa shape index (κ3) is 6.49. The Labute approximate surface area is 181 Å². The fourth-order valence-electron chi connectivity index (χ4n) is 2.71. The molecule has 1 amide bonds. The van der Waals surface area contributed by atoms with E-state index in [1.165, 1.54) is 18.2 Å². The maximum absolute atomic E-state index is 12.3. The molecule has 29 heavy (non-hydrogen) atoms. The van der Waals surface area contributed by atoms with E-state index in [4.69, 9.17) is 34.8 Å². The molecule has 0 saturated carbocycles. The van der Waals surface area contributed by atoms with Gasteiger partial charge in [0.25, 0.3) is 5.91 Å². The lowest BCUT2D eigenvalue weighted by Gasteiger charge is -2.16. The van der Waals surface area contributed by atoms with Crippen molar-refractivity contribution in [2.24, 2.45) is 0 Å². The summed E-state index contributed by atoms with van der Waals surface area (Å²) in [6.07, 6.45) is -0.0148. The van der Waals surface area contributed by atoms with Crippen LogP contribution in [0.25, 0.3) is 10.9 Å². The summed E-state index contributed by atoms with van der Waals surface area (Å²) in [5.41, 5.74) is 1.14. The van der Waals surface area contributed by atoms with Gasteiger partial charge in [-0.1, -0.05) is 29.8 Å². The second kappa shape index (κ2) is 10.9. The largest absolute Gasteiger partial charge is 0.480 e. The Morgan fingerprint density at radius 3 is 2.31 bits per heavy atom. The van der Waals surface area contributed by atoms with Crippen LogP contribution in [0.4, 0.5) is 0 Å². The molecule has 0 radical (unpaired) electrons. The van der Waals surface area contributed by atoms with Gasteiger partial charge in [0.15, 0.2) is 0 Å². The smallest absolute Gasteiger partial charge is 0.326 e. The van der Waals surface area contributed by atoms with E-state index >= 15 is 0 Å². The standard InChI is InChI=1S/C19H15ClN2O4.CH2Cl2/c20-13-7-5-11(6-8-13)18(24)22-16(19(25)26)9-12-10-17(23)21-15-4-2-1-3-14(12)15;2-1-3/h1-8,10,16H,9H2,(H,21,23)(H,22,24)(H,25,26);1H2/t16-;/m0./s1. The van der Waals surface area contributed by atoms with Crippen molar-refractivity contribution in [1.82, 2.24) is 10.3 Å². The highest BCUT2D eigenvalue weighted by Crippen LogP contribution is 2.17. The molecule has 6 nitrogen and oxygen atoms in total. The van der Waals surface area contributed by atoms with E-state index in [1.54, 1.807) is 36.4 Å². The van der Waals surface area contributed by atoms with Crippen molar-refractivity contribution in [2.75, 3.05) is 5.34 Å². The number of carboxylic acid groups (broad SMARTS) is 1. The number of nitrogens with one attached hydrogen (secondary N) is 2. The Kier molecular flexibility index (Phi) is 8.51. The minimum Gasteiger partial charge on any atom is -0.480 e. The molecular formula is C20H17Cl3N2O4. The highest BCUT2D eigenvalue weighted by Gasteiger charge is 2.22. The molecule has 1 aromatic heterocycles. The summed E-state index contributed by atoms with van der Waals surface area (Å²) in [5.74, 6) is -1.71. The number of halogens is 3. The summed E-state index contributed by atoms with van der Waals surface area (Å²) >= 11 is 15.3. The van der Waals surface area contributed by atoms with Crippen molar-refractivity contribution in [3.8, 4) is 0 Å². The zero-order valence-electron chi connectivity index (χ0n) is 15.0. The van der Waals surface area contributed by atoms with Gasteiger partial charge in [-0.15, -0.1) is 23.2 Å². The molecule has 0 aliphatic rings. The second-order valence-corrected chi connectivity index (χ2v) is 7.13. The van der Waals surface area contributed by atoms with E-state index in [2.05, 4.69) is 10.3 Å². The molecule has 0 aliphatic carbocycles. The number of fused-ring (bicyclic) bond motifs is 1. The second-order valence-electron chi connectivity index (χ2n) is 5.88. The van der Waals surface area contributed by atoms with Crippen LogP contribution in [0, 0.1) is 0 Å². The Morgan fingerprint density at radius 2 is 1.69 bits per heavy atom. The molecule has 152 valence electrons. The number of rotatable bonds is 5. The number of aromatic nitrogens is 1. The summed E-state index contributed by atoms with van der Waals surface area (Å²) < 4.78 is 0. The number of H-pyrrole nitrogens is 1. The number of carbonyl (C=O) groups excluding carboxylic acids is 1. The summed E-state index contributed by atoms with van der Waals surface area (Å²) in [6, 6.07) is 13.4. The van der Waals surface area contributed by atoms with Crippen molar-refractivity contribution in [2.45, 2.75) is 12.5 Å². The number of para-hydroxylation sites is 1. The Bertz CT molecular complexity index is 1050. The molecule has 0 fully saturated rings. The zero-order chi connectivity index (χ0) is 21.4. The Morgan fingerprint density at radius 1 is 1.07 bits per heavy atom. The van der Waals surface area contributed by atoms with E-state index in [1.807, 2.05) is 0 Å². The van der Waals surface area contributed by atoms with Crippen LogP contribution in [0.15, 0.2) is 59.4 Å². The minimum absolute atomic E-state index is 0.0148. The van der Waals surface area contributed by atoms with E-state index in [0.717, 1.165) is 5.39 Å². The molecule has 0 aliphatic heterocycles. The van der Waals surface area contributed by atoms with Gasteiger partial charge in [-0.3, -0.25) is 9.59 Å². The molecule has 1 atom stereocenters. The van der Waals surface area contributed by atoms with Gasteiger partial charge in [0.2, 0.25) is 5.56 Å². The number of alkyl halides is 2. The molecular weight excluding hydrogens is 439 g/mol. The number of carboxylic acids is 1. The average molecular weight is 456 g/mol. The molecule has 9 heteroatoms. The van der Waals surface area contributed by atoms with Gasteiger partial charge in [0, 0.05) is 34.0 Å². The summed E-state index contributed by atoms with van der Waals surface area (Å²) in [6.45, 7) is 0. The predicted octanol–water partition coefficient (Wildman–Crippen LogP) is 4.03. The number of hydrogen-bond donors (Lipinski definition) is 3. The summed E-state index contributed by atoms with van der Waals surface area (Å²) in [4.78, 5) is 38.5. The first-order valence-electron chi connectivity index (χ1n) is 8.37. The minimum atomic E-state index is -1.18. The molecule has 2 aromatic carbocycles. The van der Waals surface area contributed by atoms with Crippen molar-refractivity contribution in [3.05, 3.63) is 81.1 Å². The molecule has 3 aromatic rings. The summed E-state index contributed by atoms with van der Waals surface area (Å²) in [7, 11) is 0. The van der Waals surface area contributed by atoms with Crippen molar-refractivity contribution >= 4 is 57.6 Å². The van der Waals surface area contributed by atoms with Crippen LogP contribution in [0.5, 0.6) is 0 Å². The van der Waals surface area contributed by atoms with E-state index < -0.39 is 17.9 Å². The highest BCUT2D eigenvalue weighted by molar-refractivity contribution is 6.40. The Balaban J connectivity index is 0.000000941. The first-order valence-corrected chi connectivity index (χ1v) is 9.82. The van der Waals surface area contributed by atoms with Crippen LogP contribution in [0.3, 0.4) is 0 Å². The molecule has 0 spiro atoms. The highest BCUT2D eigenvalue weighted by atomic mass is 35.5. The maximum atomic E-state index is 12.3. The van der Waals surface area contributed by atoms with Gasteiger partial charge >= 0.3 is 5.97 Å². The molecule has 1 heterocycles. The molecule has 0 unspecified atom stereocenters. The van der Waals surface area contributed by atoms with Gasteiger partial charge in [0.05, 0.1) is 5.34 Å². The molecule has 0 bridgehead atoms. The number of benzene rings is 2. The van der Waals surface area contributed by atoms with Gasteiger partial charge in [-0.05, 0) is 35.9 Å². The number of amides is 1. The lowest BCUT2D eigenvalue weighted by Crippen LogP contribution is -2.42. The van der Waals surface area contributed by atoms with E-state index in [9.17, 15) is 19.5 Å². The van der Waals surface area contributed by atoms with Crippen LogP contribution in [0.2, 0.25) is 5.02 Å². The fourth-order valence-corrected chi connectivity index (χ4v) is 2.83. The SMILES string of the molecule is ClCCl.O=C(N[C@@H](Cc1cc(=O)[nH]c2ccccc12)C(=O)O)c1ccc(Cl)cc1. The first-order chi connectivity index (χ1) is 13.8. The third-order valence-corrected chi connectivity index (χ3v) is 4.22. The van der Waals surface area contributed by atoms with Gasteiger partial charge in [-0.25, -0.2) is 4.79 Å². The topological polar surface area (TPSA) is 99.3 Å². The molecule has 0 saturated heterocycles. The normalized spacial score (nSPS) is 11.3. The van der Waals surface area contributed by atoms with E-state index in [0.29, 0.717) is 21.7 Å². The summed E-state index contributed by atoms with van der Waals surface area (Å²) in [5, 5.41) is 13.4. The number of hydrogen-bond acceptors (Lipinski definition) is 3. The van der Waals surface area contributed by atoms with Gasteiger partial charge in [-0.2, -0.15) is 0 Å². The van der Waals surface area contributed by atoms with Crippen LogP contribution in [-0.4, -0.2) is 33.3 Å². The van der Waals surface area contributed by atoms with Crippen molar-refractivity contribution in [3.63, 3.8) is 0 Å². The monoisotopic (exact) mass is 454 g/mol. The third-order valence-electron chi connectivity index (χ3n) is 3.97. The predicted molar refractivity (Wildman–Crippen MR) is 115 cm³/mol. The van der Waals surface area contributed by atoms with Crippen LogP contribution in [-0.2, 0) is 11.2 Å². The fraction of sp³-hybridized carbons (Fsp3) is 0.150. The molecule has 3 N–H and O–H groups in total. The van der Waals surface area contributed by atoms with Crippen LogP contribution < -0.4 is 10.9 Å². The average Bonchev–Trinajstić information content (AvgIpc) is 2.68. The van der Waals surface area contributed by atoms with Crippen molar-refractivity contribution < 1.29 is 14.7 Å². The lowest BCUT2D eigenvalue weighted by atomic mass is 10.0. The van der Waals surface area contributed by atoms with Crippen molar-refractivity contribution in [1.29, 1.82) is 0 Å². The van der Waals surface area contributed by atoms with Gasteiger partial charge < -0.3 is 15.4 Å². The van der Waals surface area contributed by atoms with Crippen LogP contribution in [0.1, 0.15) is 15.9 Å². The number of aromatic amines is 1.